The molecule has 0 radical (unpaired) electrons. The van der Waals surface area contributed by atoms with Gasteiger partial charge in [0.25, 0.3) is 0 Å². The molecule has 0 saturated carbocycles. The minimum atomic E-state index is -1.81. The lowest BCUT2D eigenvalue weighted by molar-refractivity contribution is -0.129. The summed E-state index contributed by atoms with van der Waals surface area (Å²) in [6, 6.07) is 8.02. The predicted octanol–water partition coefficient (Wildman–Crippen LogP) is -0.480. The smallest absolute Gasteiger partial charge is 0.180 e. The van der Waals surface area contributed by atoms with Crippen molar-refractivity contribution >= 4 is 0 Å². The van der Waals surface area contributed by atoms with Crippen LogP contribution in [-0.2, 0) is 0 Å². The summed E-state index contributed by atoms with van der Waals surface area (Å²) in [5, 5.41) is 26.6. The summed E-state index contributed by atoms with van der Waals surface area (Å²) in [4.78, 5) is 0. The van der Waals surface area contributed by atoms with Gasteiger partial charge in [-0.25, -0.2) is 0 Å². The summed E-state index contributed by atoms with van der Waals surface area (Å²) in [6.07, 6.45) is -3.17. The van der Waals surface area contributed by atoms with Crippen LogP contribution in [0.2, 0.25) is 0 Å². The molecule has 80 valence electrons. The maximum Gasteiger partial charge on any atom is 0.180 e. The van der Waals surface area contributed by atoms with Crippen LogP contribution >= 0.6 is 0 Å². The minimum absolute atomic E-state index is 0. The molecule has 14 heavy (non-hydrogen) atoms. The third kappa shape index (κ3) is 3.06. The van der Waals surface area contributed by atoms with E-state index >= 15 is 0 Å². The third-order valence-corrected chi connectivity index (χ3v) is 1.86. The van der Waals surface area contributed by atoms with Gasteiger partial charge in [-0.2, -0.15) is 0 Å². The van der Waals surface area contributed by atoms with Gasteiger partial charge in [0.15, 0.2) is 6.29 Å². The number of benzene rings is 1. The first kappa shape index (κ1) is 13.0. The Morgan fingerprint density at radius 1 is 1.00 bits per heavy atom. The van der Waals surface area contributed by atoms with Gasteiger partial charge in [-0.1, -0.05) is 30.3 Å². The summed E-state index contributed by atoms with van der Waals surface area (Å²) in [5.74, 6) is 0. The van der Waals surface area contributed by atoms with E-state index in [-0.39, 0.29) is 6.15 Å². The van der Waals surface area contributed by atoms with Gasteiger partial charge in [0.05, 0.1) is 6.04 Å². The predicted molar refractivity (Wildman–Crippen MR) is 52.6 cm³/mol. The fourth-order valence-electron chi connectivity index (χ4n) is 1.06. The number of nitrogens with two attached hydrogens (primary N) is 1. The van der Waals surface area contributed by atoms with Crippen molar-refractivity contribution in [1.29, 1.82) is 0 Å². The van der Waals surface area contributed by atoms with Crippen molar-refractivity contribution in [2.24, 2.45) is 5.73 Å². The monoisotopic (exact) mass is 200 g/mol. The highest BCUT2D eigenvalue weighted by molar-refractivity contribution is 5.19. The Morgan fingerprint density at radius 2 is 1.50 bits per heavy atom. The van der Waals surface area contributed by atoms with Gasteiger partial charge in [0.2, 0.25) is 0 Å². The average molecular weight is 200 g/mol. The number of aliphatic hydroxyl groups is 3. The van der Waals surface area contributed by atoms with Gasteiger partial charge in [0, 0.05) is 0 Å². The Balaban J connectivity index is 0.00000169. The zero-order valence-electron chi connectivity index (χ0n) is 7.74. The van der Waals surface area contributed by atoms with Crippen LogP contribution in [0.25, 0.3) is 0 Å². The fourth-order valence-corrected chi connectivity index (χ4v) is 1.06. The summed E-state index contributed by atoms with van der Waals surface area (Å²) in [7, 11) is 0. The summed E-state index contributed by atoms with van der Waals surface area (Å²) in [5.41, 5.74) is 6.24. The molecule has 0 bridgehead atoms. The van der Waals surface area contributed by atoms with Crippen LogP contribution in [0.3, 0.4) is 0 Å². The molecule has 1 rings (SSSR count). The van der Waals surface area contributed by atoms with Crippen LogP contribution in [0, 0.1) is 0 Å². The molecule has 5 nitrogen and oxygen atoms in total. The van der Waals surface area contributed by atoms with E-state index < -0.39 is 18.4 Å². The van der Waals surface area contributed by atoms with Gasteiger partial charge >= 0.3 is 0 Å². The number of aliphatic hydroxyl groups excluding tert-OH is 2. The second-order valence-electron chi connectivity index (χ2n) is 2.84. The second-order valence-corrected chi connectivity index (χ2v) is 2.84. The van der Waals surface area contributed by atoms with Gasteiger partial charge in [-0.15, -0.1) is 0 Å². The highest BCUT2D eigenvalue weighted by Gasteiger charge is 2.22. The molecular weight excluding hydrogens is 184 g/mol. The lowest BCUT2D eigenvalue weighted by atomic mass is 10.0. The largest absolute Gasteiger partial charge is 0.386 e. The van der Waals surface area contributed by atoms with Crippen molar-refractivity contribution in [2.45, 2.75) is 18.4 Å². The number of hydrogen-bond donors (Lipinski definition) is 5. The Bertz CT molecular complexity index is 253. The van der Waals surface area contributed by atoms with Crippen molar-refractivity contribution < 1.29 is 15.3 Å². The van der Waals surface area contributed by atoms with E-state index in [1.54, 1.807) is 24.3 Å². The van der Waals surface area contributed by atoms with Gasteiger partial charge in [-0.3, -0.25) is 0 Å². The maximum atomic E-state index is 9.22. The molecule has 0 amide bonds. The van der Waals surface area contributed by atoms with Crippen molar-refractivity contribution in [3.8, 4) is 0 Å². The molecule has 0 saturated heterocycles. The summed E-state index contributed by atoms with van der Waals surface area (Å²) >= 11 is 0. The lowest BCUT2D eigenvalue weighted by Gasteiger charge is -2.20. The van der Waals surface area contributed by atoms with E-state index in [0.29, 0.717) is 5.56 Å². The van der Waals surface area contributed by atoms with Crippen LogP contribution in [0.5, 0.6) is 0 Å². The minimum Gasteiger partial charge on any atom is -0.386 e. The molecule has 0 aromatic heterocycles. The van der Waals surface area contributed by atoms with Gasteiger partial charge < -0.3 is 27.2 Å². The molecule has 1 aromatic rings. The first-order valence-electron chi connectivity index (χ1n) is 3.97. The Morgan fingerprint density at radius 3 is 1.93 bits per heavy atom. The van der Waals surface area contributed by atoms with Crippen molar-refractivity contribution in [3.05, 3.63) is 35.9 Å². The van der Waals surface area contributed by atoms with E-state index in [0.717, 1.165) is 0 Å². The topological polar surface area (TPSA) is 122 Å². The molecule has 1 aromatic carbocycles. The van der Waals surface area contributed by atoms with Crippen molar-refractivity contribution in [1.82, 2.24) is 6.15 Å². The average Bonchev–Trinajstić information content (AvgIpc) is 2.17. The van der Waals surface area contributed by atoms with Crippen LogP contribution < -0.4 is 11.9 Å². The van der Waals surface area contributed by atoms with E-state index in [4.69, 9.17) is 15.9 Å². The third-order valence-electron chi connectivity index (χ3n) is 1.86. The Labute approximate surface area is 82.4 Å². The molecular formula is C9H16N2O3. The molecule has 2 unspecified atom stereocenters. The molecule has 8 N–H and O–H groups in total. The molecule has 0 aliphatic carbocycles. The van der Waals surface area contributed by atoms with Crippen LogP contribution in [-0.4, -0.2) is 27.7 Å². The highest BCUT2D eigenvalue weighted by atomic mass is 16.5. The first-order valence-corrected chi connectivity index (χ1v) is 3.97. The molecule has 0 spiro atoms. The second kappa shape index (κ2) is 5.69. The van der Waals surface area contributed by atoms with Crippen molar-refractivity contribution in [3.63, 3.8) is 0 Å². The molecule has 0 aliphatic rings. The van der Waals surface area contributed by atoms with E-state index in [9.17, 15) is 5.11 Å². The zero-order valence-corrected chi connectivity index (χ0v) is 7.74. The molecule has 0 heterocycles. The normalized spacial score (nSPS) is 14.6. The van der Waals surface area contributed by atoms with Crippen molar-refractivity contribution in [2.75, 3.05) is 0 Å². The molecule has 5 heteroatoms. The standard InChI is InChI=1S/C9H13NO3.H3N/c10-7(8(11)9(12)13)6-4-2-1-3-5-6;/h1-5,7-9,11-13H,10H2;1H3. The van der Waals surface area contributed by atoms with E-state index in [2.05, 4.69) is 0 Å². The van der Waals surface area contributed by atoms with Crippen LogP contribution in [0.1, 0.15) is 11.6 Å². The highest BCUT2D eigenvalue weighted by Crippen LogP contribution is 2.14. The maximum absolute atomic E-state index is 9.22. The SMILES string of the molecule is N.NC(c1ccccc1)C(O)C(O)O. The molecule has 0 fully saturated rings. The quantitative estimate of drug-likeness (QED) is 0.422. The molecule has 2 atom stereocenters. The van der Waals surface area contributed by atoms with E-state index in [1.165, 1.54) is 0 Å². The number of hydrogen-bond acceptors (Lipinski definition) is 5. The fraction of sp³-hybridized carbons (Fsp3) is 0.333. The Kier molecular flexibility index (Phi) is 5.29. The first-order chi connectivity index (χ1) is 6.13. The summed E-state index contributed by atoms with van der Waals surface area (Å²) < 4.78 is 0. The van der Waals surface area contributed by atoms with E-state index in [1.807, 2.05) is 6.07 Å². The summed E-state index contributed by atoms with van der Waals surface area (Å²) in [6.45, 7) is 0. The zero-order chi connectivity index (χ0) is 9.84. The van der Waals surface area contributed by atoms with Crippen LogP contribution in [0.4, 0.5) is 0 Å². The van der Waals surface area contributed by atoms with Gasteiger partial charge in [-0.05, 0) is 5.56 Å². The lowest BCUT2D eigenvalue weighted by Crippen LogP contribution is -2.36. The number of rotatable bonds is 3. The van der Waals surface area contributed by atoms with Gasteiger partial charge in [0.1, 0.15) is 6.10 Å². The Hall–Kier alpha value is -0.980. The molecule has 0 aliphatic heterocycles. The van der Waals surface area contributed by atoms with Crippen LogP contribution in [0.15, 0.2) is 30.3 Å².